The van der Waals surface area contributed by atoms with Crippen LogP contribution in [0, 0.1) is 0 Å². The van der Waals surface area contributed by atoms with E-state index in [1.165, 1.54) is 0 Å². The molecule has 1 aliphatic heterocycles. The molecule has 3 nitrogen and oxygen atoms in total. The van der Waals surface area contributed by atoms with Gasteiger partial charge >= 0.3 is 0 Å². The lowest BCUT2D eigenvalue weighted by Crippen LogP contribution is -2.40. The van der Waals surface area contributed by atoms with E-state index in [2.05, 4.69) is 0 Å². The lowest BCUT2D eigenvalue weighted by Gasteiger charge is -2.29. The van der Waals surface area contributed by atoms with Gasteiger partial charge < -0.3 is 9.64 Å². The number of carbonyl (C=O) groups is 1. The maximum atomic E-state index is 13.3. The molecule has 3 heteroatoms. The number of nitrogens with zero attached hydrogens (tertiary/aromatic N) is 1. The predicted molar refractivity (Wildman–Crippen MR) is 96.0 cm³/mol. The minimum Gasteiger partial charge on any atom is -0.376 e. The van der Waals surface area contributed by atoms with Gasteiger partial charge in [-0.15, -0.1) is 0 Å². The quantitative estimate of drug-likeness (QED) is 0.808. The van der Waals surface area contributed by atoms with Crippen molar-refractivity contribution >= 4 is 5.91 Å². The van der Waals surface area contributed by atoms with Crippen LogP contribution in [0.25, 0.3) is 0 Å². The Hall–Kier alpha value is -2.13. The summed E-state index contributed by atoms with van der Waals surface area (Å²) in [6.07, 6.45) is 2.32. The topological polar surface area (TPSA) is 29.5 Å². The summed E-state index contributed by atoms with van der Waals surface area (Å²) in [7, 11) is 0. The van der Waals surface area contributed by atoms with E-state index in [4.69, 9.17) is 4.74 Å². The summed E-state index contributed by atoms with van der Waals surface area (Å²) in [5.74, 6) is -0.0980. The van der Waals surface area contributed by atoms with E-state index in [0.29, 0.717) is 13.1 Å². The van der Waals surface area contributed by atoms with E-state index in [1.807, 2.05) is 72.5 Å². The Morgan fingerprint density at radius 2 is 1.67 bits per heavy atom. The SMILES string of the molecule is CCN(CC1CCCO1)C(=O)C(c1ccccc1)c1ccccc1. The molecule has 0 spiro atoms. The van der Waals surface area contributed by atoms with E-state index in [1.54, 1.807) is 0 Å². The van der Waals surface area contributed by atoms with Gasteiger partial charge in [-0.2, -0.15) is 0 Å². The molecule has 2 aromatic rings. The summed E-state index contributed by atoms with van der Waals surface area (Å²) >= 11 is 0. The summed E-state index contributed by atoms with van der Waals surface area (Å²) < 4.78 is 5.73. The summed E-state index contributed by atoms with van der Waals surface area (Å²) in [5, 5.41) is 0. The highest BCUT2D eigenvalue weighted by atomic mass is 16.5. The number of benzene rings is 2. The van der Waals surface area contributed by atoms with Crippen molar-refractivity contribution in [2.75, 3.05) is 19.7 Å². The zero-order valence-corrected chi connectivity index (χ0v) is 14.2. The first-order valence-electron chi connectivity index (χ1n) is 8.80. The van der Waals surface area contributed by atoms with Crippen LogP contribution in [0.4, 0.5) is 0 Å². The van der Waals surface area contributed by atoms with Gasteiger partial charge in [-0.1, -0.05) is 60.7 Å². The second-order valence-electron chi connectivity index (χ2n) is 6.27. The molecule has 0 N–H and O–H groups in total. The molecular weight excluding hydrogens is 298 g/mol. The molecular formula is C21H25NO2. The first kappa shape index (κ1) is 16.7. The van der Waals surface area contributed by atoms with Crippen LogP contribution in [0.3, 0.4) is 0 Å². The van der Waals surface area contributed by atoms with Crippen LogP contribution < -0.4 is 0 Å². The standard InChI is InChI=1S/C21H25NO2/c1-2-22(16-19-14-9-15-24-19)21(23)20(17-10-5-3-6-11-17)18-12-7-4-8-13-18/h3-8,10-13,19-20H,2,9,14-16H2,1H3. The van der Waals surface area contributed by atoms with Crippen molar-refractivity contribution in [2.24, 2.45) is 0 Å². The highest BCUT2D eigenvalue weighted by Crippen LogP contribution is 2.27. The molecule has 0 radical (unpaired) electrons. The van der Waals surface area contributed by atoms with Gasteiger partial charge in [0.25, 0.3) is 0 Å². The van der Waals surface area contributed by atoms with Crippen LogP contribution >= 0.6 is 0 Å². The van der Waals surface area contributed by atoms with Gasteiger partial charge in [-0.05, 0) is 30.9 Å². The van der Waals surface area contributed by atoms with Crippen molar-refractivity contribution in [3.63, 3.8) is 0 Å². The van der Waals surface area contributed by atoms with Crippen molar-refractivity contribution in [1.29, 1.82) is 0 Å². The number of hydrogen-bond donors (Lipinski definition) is 0. The van der Waals surface area contributed by atoms with Gasteiger partial charge in [0.15, 0.2) is 0 Å². The highest BCUT2D eigenvalue weighted by molar-refractivity contribution is 5.87. The number of amides is 1. The Kier molecular flexibility index (Phi) is 5.65. The largest absolute Gasteiger partial charge is 0.376 e. The zero-order valence-electron chi connectivity index (χ0n) is 14.2. The molecule has 1 unspecified atom stereocenters. The normalized spacial score (nSPS) is 17.2. The Labute approximate surface area is 144 Å². The van der Waals surface area contributed by atoms with E-state index in [0.717, 1.165) is 30.6 Å². The van der Waals surface area contributed by atoms with Crippen LogP contribution in [0.15, 0.2) is 60.7 Å². The Morgan fingerprint density at radius 3 is 2.12 bits per heavy atom. The van der Waals surface area contributed by atoms with Crippen LogP contribution in [-0.4, -0.2) is 36.6 Å². The molecule has 24 heavy (non-hydrogen) atoms. The first-order chi connectivity index (χ1) is 11.8. The zero-order chi connectivity index (χ0) is 16.8. The van der Waals surface area contributed by atoms with Crippen molar-refractivity contribution in [3.05, 3.63) is 71.8 Å². The number of hydrogen-bond acceptors (Lipinski definition) is 2. The number of rotatable bonds is 6. The predicted octanol–water partition coefficient (Wildman–Crippen LogP) is 3.85. The van der Waals surface area contributed by atoms with Crippen molar-refractivity contribution in [3.8, 4) is 0 Å². The third kappa shape index (κ3) is 3.85. The highest BCUT2D eigenvalue weighted by Gasteiger charge is 2.29. The van der Waals surface area contributed by atoms with Crippen LogP contribution in [-0.2, 0) is 9.53 Å². The Bertz CT molecular complexity index is 596. The maximum absolute atomic E-state index is 13.3. The fraction of sp³-hybridized carbons (Fsp3) is 0.381. The summed E-state index contributed by atoms with van der Waals surface area (Å²) in [5.41, 5.74) is 2.08. The number of carbonyl (C=O) groups excluding carboxylic acids is 1. The van der Waals surface area contributed by atoms with E-state index < -0.39 is 0 Å². The van der Waals surface area contributed by atoms with Gasteiger partial charge in [0.2, 0.25) is 5.91 Å². The molecule has 1 saturated heterocycles. The average molecular weight is 323 g/mol. The van der Waals surface area contributed by atoms with Crippen molar-refractivity contribution in [1.82, 2.24) is 4.90 Å². The van der Waals surface area contributed by atoms with E-state index in [9.17, 15) is 4.79 Å². The van der Waals surface area contributed by atoms with Gasteiger partial charge in [0, 0.05) is 19.7 Å². The van der Waals surface area contributed by atoms with Gasteiger partial charge in [-0.3, -0.25) is 4.79 Å². The molecule has 0 saturated carbocycles. The number of ether oxygens (including phenoxy) is 1. The Morgan fingerprint density at radius 1 is 1.08 bits per heavy atom. The van der Waals surface area contributed by atoms with E-state index >= 15 is 0 Å². The third-order valence-electron chi connectivity index (χ3n) is 4.65. The van der Waals surface area contributed by atoms with Gasteiger partial charge in [-0.25, -0.2) is 0 Å². The van der Waals surface area contributed by atoms with Crippen LogP contribution in [0.5, 0.6) is 0 Å². The molecule has 1 amide bonds. The van der Waals surface area contributed by atoms with Gasteiger partial charge in [0.1, 0.15) is 0 Å². The third-order valence-corrected chi connectivity index (χ3v) is 4.65. The smallest absolute Gasteiger partial charge is 0.234 e. The first-order valence-corrected chi connectivity index (χ1v) is 8.80. The lowest BCUT2D eigenvalue weighted by atomic mass is 9.90. The lowest BCUT2D eigenvalue weighted by molar-refractivity contribution is -0.133. The minimum absolute atomic E-state index is 0.158. The summed E-state index contributed by atoms with van der Waals surface area (Å²) in [4.78, 5) is 15.3. The summed E-state index contributed by atoms with van der Waals surface area (Å²) in [6.45, 7) is 4.25. The molecule has 1 heterocycles. The molecule has 2 aromatic carbocycles. The van der Waals surface area contributed by atoms with Crippen LogP contribution in [0.2, 0.25) is 0 Å². The molecule has 1 fully saturated rings. The molecule has 1 aliphatic rings. The monoisotopic (exact) mass is 323 g/mol. The molecule has 0 bridgehead atoms. The van der Waals surface area contributed by atoms with Crippen LogP contribution in [0.1, 0.15) is 36.8 Å². The molecule has 0 aliphatic carbocycles. The molecule has 126 valence electrons. The van der Waals surface area contributed by atoms with Crippen molar-refractivity contribution in [2.45, 2.75) is 31.8 Å². The van der Waals surface area contributed by atoms with E-state index in [-0.39, 0.29) is 17.9 Å². The second kappa shape index (κ2) is 8.11. The maximum Gasteiger partial charge on any atom is 0.234 e. The Balaban J connectivity index is 1.87. The summed E-state index contributed by atoms with van der Waals surface area (Å²) in [6, 6.07) is 20.1. The molecule has 0 aromatic heterocycles. The van der Waals surface area contributed by atoms with Crippen molar-refractivity contribution < 1.29 is 9.53 Å². The molecule has 1 atom stereocenters. The fourth-order valence-electron chi connectivity index (χ4n) is 3.36. The second-order valence-corrected chi connectivity index (χ2v) is 6.27. The fourth-order valence-corrected chi connectivity index (χ4v) is 3.36. The molecule has 3 rings (SSSR count). The van der Waals surface area contributed by atoms with Gasteiger partial charge in [0.05, 0.1) is 12.0 Å². The average Bonchev–Trinajstić information content (AvgIpc) is 3.15. The number of likely N-dealkylation sites (N-methyl/N-ethyl adjacent to an activating group) is 1. The minimum atomic E-state index is -0.256.